The van der Waals surface area contributed by atoms with E-state index in [0.717, 1.165) is 45.4 Å². The maximum absolute atomic E-state index is 5.21. The van der Waals surface area contributed by atoms with Crippen LogP contribution in [0.4, 0.5) is 11.5 Å². The highest BCUT2D eigenvalue weighted by Crippen LogP contribution is 2.43. The minimum Gasteiger partial charge on any atom is -0.383 e. The standard InChI is InChI=1S/C25H41N5O/c1-31-20-19-27-15-17-29(18-16-27)23-5-6-24(26-21-23)30-13-9-25(10-14-30)7-11-28(12-8-25)22-3-2-4-22/h5-6,21-22H,2-4,7-20H2,1H3. The second-order valence-corrected chi connectivity index (χ2v) is 10.3. The van der Waals surface area contributed by atoms with Gasteiger partial charge >= 0.3 is 0 Å². The number of likely N-dealkylation sites (tertiary alicyclic amines) is 1. The van der Waals surface area contributed by atoms with E-state index in [9.17, 15) is 0 Å². The van der Waals surface area contributed by atoms with Gasteiger partial charge in [-0.15, -0.1) is 0 Å². The zero-order chi connectivity index (χ0) is 21.1. The molecule has 4 aliphatic rings. The van der Waals surface area contributed by atoms with E-state index in [4.69, 9.17) is 9.72 Å². The lowest BCUT2D eigenvalue weighted by Gasteiger charge is -2.50. The fraction of sp³-hybridized carbons (Fsp3) is 0.800. The number of aromatic nitrogens is 1. The van der Waals surface area contributed by atoms with E-state index in [0.29, 0.717) is 5.41 Å². The Morgan fingerprint density at radius 3 is 2.19 bits per heavy atom. The fourth-order valence-electron chi connectivity index (χ4n) is 6.03. The highest BCUT2D eigenvalue weighted by atomic mass is 16.5. The molecule has 1 aromatic heterocycles. The number of piperidine rings is 2. The van der Waals surface area contributed by atoms with E-state index >= 15 is 0 Å². The summed E-state index contributed by atoms with van der Waals surface area (Å²) in [6, 6.07) is 5.46. The SMILES string of the molecule is COCCN1CCN(c2ccc(N3CCC4(CC3)CCN(C3CCC3)CC4)nc2)CC1. The van der Waals surface area contributed by atoms with E-state index < -0.39 is 0 Å². The minimum absolute atomic E-state index is 0.610. The highest BCUT2D eigenvalue weighted by Gasteiger charge is 2.39. The molecule has 0 atom stereocenters. The van der Waals surface area contributed by atoms with Gasteiger partial charge in [-0.1, -0.05) is 6.42 Å². The van der Waals surface area contributed by atoms with Crippen LogP contribution in [0.15, 0.2) is 18.3 Å². The molecule has 31 heavy (non-hydrogen) atoms. The van der Waals surface area contributed by atoms with Crippen LogP contribution in [0.2, 0.25) is 0 Å². The van der Waals surface area contributed by atoms with Crippen molar-refractivity contribution in [1.29, 1.82) is 0 Å². The quantitative estimate of drug-likeness (QED) is 0.694. The lowest BCUT2D eigenvalue weighted by Crippen LogP contribution is -2.51. The molecule has 172 valence electrons. The predicted molar refractivity (Wildman–Crippen MR) is 127 cm³/mol. The number of anilines is 2. The van der Waals surface area contributed by atoms with Crippen molar-refractivity contribution in [1.82, 2.24) is 14.8 Å². The van der Waals surface area contributed by atoms with Gasteiger partial charge in [0, 0.05) is 59.0 Å². The third kappa shape index (κ3) is 4.86. The molecule has 1 spiro atoms. The van der Waals surface area contributed by atoms with Crippen LogP contribution in [0.3, 0.4) is 0 Å². The maximum Gasteiger partial charge on any atom is 0.128 e. The summed E-state index contributed by atoms with van der Waals surface area (Å²) < 4.78 is 5.21. The number of hydrogen-bond acceptors (Lipinski definition) is 6. The summed E-state index contributed by atoms with van der Waals surface area (Å²) in [6.07, 6.45) is 12.0. The molecule has 0 bridgehead atoms. The molecule has 0 amide bonds. The van der Waals surface area contributed by atoms with Crippen LogP contribution in [0.1, 0.15) is 44.9 Å². The Balaban J connectivity index is 1.09. The van der Waals surface area contributed by atoms with Crippen molar-refractivity contribution in [2.24, 2.45) is 5.41 Å². The van der Waals surface area contributed by atoms with Crippen molar-refractivity contribution in [3.05, 3.63) is 18.3 Å². The second kappa shape index (κ2) is 9.63. The van der Waals surface area contributed by atoms with Crippen molar-refractivity contribution in [3.63, 3.8) is 0 Å². The van der Waals surface area contributed by atoms with Gasteiger partial charge in [-0.2, -0.15) is 0 Å². The van der Waals surface area contributed by atoms with Crippen LogP contribution in [0.25, 0.3) is 0 Å². The van der Waals surface area contributed by atoms with Gasteiger partial charge in [-0.25, -0.2) is 4.98 Å². The Morgan fingerprint density at radius 2 is 1.61 bits per heavy atom. The van der Waals surface area contributed by atoms with Crippen LogP contribution < -0.4 is 9.80 Å². The molecule has 5 rings (SSSR count). The van der Waals surface area contributed by atoms with Gasteiger partial charge in [-0.3, -0.25) is 4.90 Å². The molecule has 3 saturated heterocycles. The first kappa shape index (κ1) is 21.5. The third-order valence-electron chi connectivity index (χ3n) is 8.68. The Bertz CT molecular complexity index is 680. The summed E-state index contributed by atoms with van der Waals surface area (Å²) in [4.78, 5) is 15.2. The fourth-order valence-corrected chi connectivity index (χ4v) is 6.03. The molecule has 3 aliphatic heterocycles. The molecule has 6 nitrogen and oxygen atoms in total. The number of piperazine rings is 1. The molecular weight excluding hydrogens is 386 g/mol. The van der Waals surface area contributed by atoms with Gasteiger partial charge in [0.2, 0.25) is 0 Å². The lowest BCUT2D eigenvalue weighted by atomic mass is 9.70. The van der Waals surface area contributed by atoms with Crippen molar-refractivity contribution in [2.75, 3.05) is 82.4 Å². The zero-order valence-electron chi connectivity index (χ0n) is 19.5. The van der Waals surface area contributed by atoms with Crippen LogP contribution in [-0.2, 0) is 4.74 Å². The van der Waals surface area contributed by atoms with Crippen molar-refractivity contribution < 1.29 is 4.74 Å². The first-order valence-corrected chi connectivity index (χ1v) is 12.7. The number of rotatable bonds is 6. The summed E-state index contributed by atoms with van der Waals surface area (Å²) in [5.41, 5.74) is 1.88. The predicted octanol–water partition coefficient (Wildman–Crippen LogP) is 3.08. The smallest absolute Gasteiger partial charge is 0.128 e. The normalized spacial score (nSPS) is 25.7. The van der Waals surface area contributed by atoms with E-state index in [1.165, 1.54) is 82.6 Å². The molecule has 0 aromatic carbocycles. The van der Waals surface area contributed by atoms with Gasteiger partial charge in [0.15, 0.2) is 0 Å². The van der Waals surface area contributed by atoms with Gasteiger partial charge < -0.3 is 19.4 Å². The summed E-state index contributed by atoms with van der Waals surface area (Å²) >= 11 is 0. The minimum atomic E-state index is 0.610. The summed E-state index contributed by atoms with van der Waals surface area (Å²) in [7, 11) is 1.78. The van der Waals surface area contributed by atoms with Crippen LogP contribution >= 0.6 is 0 Å². The molecule has 6 heteroatoms. The molecule has 1 aromatic rings. The lowest BCUT2D eigenvalue weighted by molar-refractivity contribution is 0.0305. The topological polar surface area (TPSA) is 35.1 Å². The van der Waals surface area contributed by atoms with E-state index in [1.54, 1.807) is 7.11 Å². The van der Waals surface area contributed by atoms with E-state index in [2.05, 4.69) is 37.9 Å². The van der Waals surface area contributed by atoms with Gasteiger partial charge in [0.1, 0.15) is 5.82 Å². The number of hydrogen-bond donors (Lipinski definition) is 0. The zero-order valence-corrected chi connectivity index (χ0v) is 19.5. The van der Waals surface area contributed by atoms with Gasteiger partial charge in [-0.05, 0) is 69.2 Å². The summed E-state index contributed by atoms with van der Waals surface area (Å²) in [6.45, 7) is 11.3. The molecule has 0 radical (unpaired) electrons. The molecule has 0 unspecified atom stereocenters. The monoisotopic (exact) mass is 427 g/mol. The van der Waals surface area contributed by atoms with E-state index in [1.807, 2.05) is 0 Å². The van der Waals surface area contributed by atoms with Crippen molar-refractivity contribution >= 4 is 11.5 Å². The van der Waals surface area contributed by atoms with E-state index in [-0.39, 0.29) is 0 Å². The molecule has 4 fully saturated rings. The highest BCUT2D eigenvalue weighted by molar-refractivity contribution is 5.51. The maximum atomic E-state index is 5.21. The molecule has 4 heterocycles. The average molecular weight is 428 g/mol. The second-order valence-electron chi connectivity index (χ2n) is 10.3. The molecule has 1 saturated carbocycles. The largest absolute Gasteiger partial charge is 0.383 e. The van der Waals surface area contributed by atoms with Crippen molar-refractivity contribution in [3.8, 4) is 0 Å². The summed E-state index contributed by atoms with van der Waals surface area (Å²) in [5, 5.41) is 0. The average Bonchev–Trinajstić information content (AvgIpc) is 2.79. The van der Waals surface area contributed by atoms with Crippen LogP contribution in [0.5, 0.6) is 0 Å². The number of pyridine rings is 1. The van der Waals surface area contributed by atoms with Crippen molar-refractivity contribution in [2.45, 2.75) is 51.0 Å². The van der Waals surface area contributed by atoms with Crippen LogP contribution in [0, 0.1) is 5.41 Å². The van der Waals surface area contributed by atoms with Crippen LogP contribution in [-0.4, -0.2) is 93.4 Å². The third-order valence-corrected chi connectivity index (χ3v) is 8.68. The molecular formula is C25H41N5O. The van der Waals surface area contributed by atoms with Gasteiger partial charge in [0.25, 0.3) is 0 Å². The Kier molecular flexibility index (Phi) is 6.67. The molecule has 1 aliphatic carbocycles. The number of methoxy groups -OCH3 is 1. The Labute approximate surface area is 188 Å². The first-order valence-electron chi connectivity index (χ1n) is 12.7. The Morgan fingerprint density at radius 1 is 0.903 bits per heavy atom. The number of ether oxygens (including phenoxy) is 1. The number of nitrogens with zero attached hydrogens (tertiary/aromatic N) is 5. The first-order chi connectivity index (χ1) is 15.2. The summed E-state index contributed by atoms with van der Waals surface area (Å²) in [5.74, 6) is 1.17. The molecule has 0 N–H and O–H groups in total. The Hall–Kier alpha value is -1.37. The van der Waals surface area contributed by atoms with Gasteiger partial charge in [0.05, 0.1) is 18.5 Å².